The molecule has 0 amide bonds. The average molecular weight is 200 g/mol. The monoisotopic (exact) mass is 200 g/mol. The first-order chi connectivity index (χ1) is 7.45. The van der Waals surface area contributed by atoms with Gasteiger partial charge >= 0.3 is 0 Å². The molecule has 0 aromatic heterocycles. The standard InChI is InChI=1S/C13H14.C2H6/c1-2-6-12-10(4-1)8-9-11-5-3-7-13(11)12;1-2/h2,6,8-9H,1,3-5,7H2;1-2H3. The quantitative estimate of drug-likeness (QED) is 0.590. The summed E-state index contributed by atoms with van der Waals surface area (Å²) in [5.74, 6) is 0. The first-order valence-corrected chi connectivity index (χ1v) is 6.25. The number of allylic oxidation sites excluding steroid dienone is 1. The molecule has 0 nitrogen and oxygen atoms in total. The minimum atomic E-state index is 1.23. The van der Waals surface area contributed by atoms with E-state index in [4.69, 9.17) is 0 Å². The molecular weight excluding hydrogens is 180 g/mol. The number of fused-ring (bicyclic) bond motifs is 3. The van der Waals surface area contributed by atoms with Crippen molar-refractivity contribution in [3.05, 3.63) is 40.5 Å². The van der Waals surface area contributed by atoms with Crippen molar-refractivity contribution in [2.24, 2.45) is 0 Å². The largest absolute Gasteiger partial charge is 0.0836 e. The summed E-state index contributed by atoms with van der Waals surface area (Å²) >= 11 is 0. The van der Waals surface area contributed by atoms with Crippen LogP contribution in [0.1, 0.15) is 48.9 Å². The van der Waals surface area contributed by atoms with Gasteiger partial charge in [-0.15, -0.1) is 0 Å². The highest BCUT2D eigenvalue weighted by molar-refractivity contribution is 5.63. The van der Waals surface area contributed by atoms with Gasteiger partial charge < -0.3 is 0 Å². The molecule has 15 heavy (non-hydrogen) atoms. The molecule has 0 heterocycles. The Morgan fingerprint density at radius 3 is 2.60 bits per heavy atom. The van der Waals surface area contributed by atoms with Crippen molar-refractivity contribution in [2.75, 3.05) is 0 Å². The zero-order chi connectivity index (χ0) is 10.7. The summed E-state index contributed by atoms with van der Waals surface area (Å²) in [6, 6.07) is 4.68. The van der Waals surface area contributed by atoms with Crippen molar-refractivity contribution in [2.45, 2.75) is 46.0 Å². The highest BCUT2D eigenvalue weighted by atomic mass is 14.2. The molecule has 2 aliphatic rings. The Balaban J connectivity index is 0.000000404. The smallest absolute Gasteiger partial charge is 0.0193 e. The second-order valence-electron chi connectivity index (χ2n) is 4.07. The van der Waals surface area contributed by atoms with Gasteiger partial charge in [0.1, 0.15) is 0 Å². The maximum atomic E-state index is 2.35. The molecule has 1 aromatic rings. The topological polar surface area (TPSA) is 0 Å². The van der Waals surface area contributed by atoms with Crippen LogP contribution in [0.2, 0.25) is 0 Å². The van der Waals surface area contributed by atoms with Crippen molar-refractivity contribution >= 4 is 6.08 Å². The van der Waals surface area contributed by atoms with Crippen molar-refractivity contribution in [1.29, 1.82) is 0 Å². The lowest BCUT2D eigenvalue weighted by atomic mass is 9.91. The Bertz CT molecular complexity index is 372. The highest BCUT2D eigenvalue weighted by Crippen LogP contribution is 2.31. The van der Waals surface area contributed by atoms with E-state index in [0.717, 1.165) is 0 Å². The second kappa shape index (κ2) is 4.65. The van der Waals surface area contributed by atoms with E-state index in [1.807, 2.05) is 13.8 Å². The Morgan fingerprint density at radius 2 is 1.73 bits per heavy atom. The van der Waals surface area contributed by atoms with Gasteiger partial charge in [-0.3, -0.25) is 0 Å². The summed E-state index contributed by atoms with van der Waals surface area (Å²) in [6.45, 7) is 4.00. The van der Waals surface area contributed by atoms with E-state index in [-0.39, 0.29) is 0 Å². The molecule has 0 aliphatic heterocycles. The van der Waals surface area contributed by atoms with E-state index < -0.39 is 0 Å². The van der Waals surface area contributed by atoms with Crippen molar-refractivity contribution < 1.29 is 0 Å². The molecule has 1 aromatic carbocycles. The molecule has 0 unspecified atom stereocenters. The van der Waals surface area contributed by atoms with Gasteiger partial charge in [0.15, 0.2) is 0 Å². The van der Waals surface area contributed by atoms with Gasteiger partial charge in [-0.2, -0.15) is 0 Å². The SMILES string of the molecule is C1=Cc2c(ccc3c2CCC3)CC1.CC. The predicted octanol–water partition coefficient (Wildman–Crippen LogP) is 4.16. The van der Waals surface area contributed by atoms with Crippen LogP contribution in [0.15, 0.2) is 18.2 Å². The zero-order valence-corrected chi connectivity index (χ0v) is 9.84. The minimum absolute atomic E-state index is 1.23. The number of benzene rings is 1. The molecule has 0 N–H and O–H groups in total. The first kappa shape index (κ1) is 10.5. The Labute approximate surface area is 93.0 Å². The summed E-state index contributed by atoms with van der Waals surface area (Å²) in [4.78, 5) is 0. The second-order valence-corrected chi connectivity index (χ2v) is 4.07. The number of aryl methyl sites for hydroxylation is 2. The summed E-state index contributed by atoms with van der Waals surface area (Å²) < 4.78 is 0. The lowest BCUT2D eigenvalue weighted by Gasteiger charge is -2.14. The molecular formula is C15H20. The van der Waals surface area contributed by atoms with Crippen LogP contribution >= 0.6 is 0 Å². The van der Waals surface area contributed by atoms with Gasteiger partial charge in [-0.25, -0.2) is 0 Å². The summed E-state index contributed by atoms with van der Waals surface area (Å²) in [5, 5.41) is 0. The number of rotatable bonds is 0. The van der Waals surface area contributed by atoms with Crippen LogP contribution in [0.5, 0.6) is 0 Å². The van der Waals surface area contributed by atoms with E-state index in [1.165, 1.54) is 32.1 Å². The van der Waals surface area contributed by atoms with E-state index in [2.05, 4.69) is 24.3 Å². The molecule has 0 atom stereocenters. The Kier molecular flexibility index (Phi) is 3.25. The van der Waals surface area contributed by atoms with Crippen LogP contribution in [0, 0.1) is 0 Å². The fraction of sp³-hybridized carbons (Fsp3) is 0.467. The van der Waals surface area contributed by atoms with Crippen LogP contribution in [0.4, 0.5) is 0 Å². The van der Waals surface area contributed by atoms with Gasteiger partial charge in [-0.1, -0.05) is 38.1 Å². The molecule has 0 bridgehead atoms. The van der Waals surface area contributed by atoms with Crippen LogP contribution in [-0.4, -0.2) is 0 Å². The molecule has 0 heteroatoms. The zero-order valence-electron chi connectivity index (χ0n) is 9.84. The molecule has 0 saturated carbocycles. The van der Waals surface area contributed by atoms with E-state index in [9.17, 15) is 0 Å². The molecule has 80 valence electrons. The molecule has 0 saturated heterocycles. The van der Waals surface area contributed by atoms with Gasteiger partial charge in [0.2, 0.25) is 0 Å². The van der Waals surface area contributed by atoms with Crippen molar-refractivity contribution in [3.63, 3.8) is 0 Å². The predicted molar refractivity (Wildman–Crippen MR) is 67.2 cm³/mol. The minimum Gasteiger partial charge on any atom is -0.0836 e. The molecule has 0 radical (unpaired) electrons. The number of hydrogen-bond donors (Lipinski definition) is 0. The third-order valence-electron chi connectivity index (χ3n) is 3.28. The first-order valence-electron chi connectivity index (χ1n) is 6.25. The lowest BCUT2D eigenvalue weighted by Crippen LogP contribution is -1.98. The van der Waals surface area contributed by atoms with E-state index in [1.54, 1.807) is 22.3 Å². The van der Waals surface area contributed by atoms with E-state index >= 15 is 0 Å². The fourth-order valence-electron chi connectivity index (χ4n) is 2.61. The maximum Gasteiger partial charge on any atom is -0.0193 e. The van der Waals surface area contributed by atoms with Crippen molar-refractivity contribution in [1.82, 2.24) is 0 Å². The molecule has 0 fully saturated rings. The average Bonchev–Trinajstić information content (AvgIpc) is 2.80. The lowest BCUT2D eigenvalue weighted by molar-refractivity contribution is 0.909. The maximum absolute atomic E-state index is 2.35. The Morgan fingerprint density at radius 1 is 0.933 bits per heavy atom. The molecule has 0 spiro atoms. The van der Waals surface area contributed by atoms with Crippen LogP contribution in [0.3, 0.4) is 0 Å². The summed E-state index contributed by atoms with van der Waals surface area (Å²) in [6.07, 6.45) is 11.1. The molecule has 2 aliphatic carbocycles. The Hall–Kier alpha value is -1.04. The number of hydrogen-bond acceptors (Lipinski definition) is 0. The van der Waals surface area contributed by atoms with E-state index in [0.29, 0.717) is 0 Å². The van der Waals surface area contributed by atoms with Gasteiger partial charge in [0, 0.05) is 0 Å². The van der Waals surface area contributed by atoms with Crippen LogP contribution in [-0.2, 0) is 19.3 Å². The molecule has 3 rings (SSSR count). The van der Waals surface area contributed by atoms with Crippen LogP contribution < -0.4 is 0 Å². The van der Waals surface area contributed by atoms with Crippen LogP contribution in [0.25, 0.3) is 6.08 Å². The van der Waals surface area contributed by atoms with Gasteiger partial charge in [0.05, 0.1) is 0 Å². The summed E-state index contributed by atoms with van der Waals surface area (Å²) in [7, 11) is 0. The third kappa shape index (κ3) is 1.86. The normalized spacial score (nSPS) is 16.4. The summed E-state index contributed by atoms with van der Waals surface area (Å²) in [5.41, 5.74) is 6.38. The highest BCUT2D eigenvalue weighted by Gasteiger charge is 2.16. The van der Waals surface area contributed by atoms with Gasteiger partial charge in [-0.05, 0) is 54.4 Å². The van der Waals surface area contributed by atoms with Gasteiger partial charge in [0.25, 0.3) is 0 Å². The third-order valence-corrected chi connectivity index (χ3v) is 3.28. The fourth-order valence-corrected chi connectivity index (χ4v) is 2.61. The van der Waals surface area contributed by atoms with Crippen molar-refractivity contribution in [3.8, 4) is 0 Å².